The molecule has 1 heterocycles. The van der Waals surface area contributed by atoms with E-state index in [0.29, 0.717) is 18.7 Å². The molecule has 1 aromatic carbocycles. The van der Waals surface area contributed by atoms with Crippen molar-refractivity contribution in [1.29, 1.82) is 0 Å². The molecule has 0 saturated heterocycles. The number of carbonyl (C=O) groups excluding carboxylic acids is 1. The zero-order valence-electron chi connectivity index (χ0n) is 13.4. The number of ether oxygens (including phenoxy) is 1. The van der Waals surface area contributed by atoms with E-state index in [9.17, 15) is 4.79 Å². The first-order chi connectivity index (χ1) is 10.6. The molecule has 0 bridgehead atoms. The molecule has 2 rings (SSSR count). The van der Waals surface area contributed by atoms with Crippen LogP contribution in [0.5, 0.6) is 5.75 Å². The average molecular weight is 298 g/mol. The van der Waals surface area contributed by atoms with Crippen molar-refractivity contribution < 1.29 is 9.53 Å². The highest BCUT2D eigenvalue weighted by molar-refractivity contribution is 5.94. The number of hydrogen-bond donors (Lipinski definition) is 0. The van der Waals surface area contributed by atoms with Gasteiger partial charge in [0.25, 0.3) is 5.91 Å². The third-order valence-corrected chi connectivity index (χ3v) is 3.50. The molecule has 1 aromatic heterocycles. The molecule has 22 heavy (non-hydrogen) atoms. The predicted molar refractivity (Wildman–Crippen MR) is 87.2 cm³/mol. The van der Waals surface area contributed by atoms with E-state index in [1.54, 1.807) is 11.1 Å². The standard InChI is InChI=1S/C18H22N2O2/c1-4-22-17-9-8-15(13-14(17)2)18(21)20(3)12-10-16-7-5-6-11-19-16/h5-9,11,13H,4,10,12H2,1-3H3. The molecule has 0 N–H and O–H groups in total. The monoisotopic (exact) mass is 298 g/mol. The lowest BCUT2D eigenvalue weighted by Crippen LogP contribution is -2.29. The van der Waals surface area contributed by atoms with Crippen molar-refractivity contribution in [1.82, 2.24) is 9.88 Å². The van der Waals surface area contributed by atoms with Crippen LogP contribution in [-0.2, 0) is 6.42 Å². The minimum atomic E-state index is 0.0158. The van der Waals surface area contributed by atoms with Crippen LogP contribution in [0.4, 0.5) is 0 Å². The SMILES string of the molecule is CCOc1ccc(C(=O)N(C)CCc2ccccn2)cc1C. The number of amides is 1. The fourth-order valence-electron chi connectivity index (χ4n) is 2.25. The van der Waals surface area contributed by atoms with E-state index >= 15 is 0 Å². The Morgan fingerprint density at radius 3 is 2.73 bits per heavy atom. The maximum absolute atomic E-state index is 12.5. The number of hydrogen-bond acceptors (Lipinski definition) is 3. The molecule has 0 fully saturated rings. The van der Waals surface area contributed by atoms with Crippen LogP contribution >= 0.6 is 0 Å². The van der Waals surface area contributed by atoms with Gasteiger partial charge in [-0.2, -0.15) is 0 Å². The first-order valence-corrected chi connectivity index (χ1v) is 7.50. The Morgan fingerprint density at radius 1 is 1.27 bits per heavy atom. The van der Waals surface area contributed by atoms with E-state index in [0.717, 1.165) is 23.4 Å². The van der Waals surface area contributed by atoms with Gasteiger partial charge in [0.15, 0.2) is 0 Å². The molecule has 0 aliphatic heterocycles. The minimum Gasteiger partial charge on any atom is -0.494 e. The lowest BCUT2D eigenvalue weighted by atomic mass is 10.1. The zero-order chi connectivity index (χ0) is 15.9. The average Bonchev–Trinajstić information content (AvgIpc) is 2.55. The van der Waals surface area contributed by atoms with Gasteiger partial charge in [0, 0.05) is 37.5 Å². The van der Waals surface area contributed by atoms with Crippen molar-refractivity contribution in [2.45, 2.75) is 20.3 Å². The number of aromatic nitrogens is 1. The molecule has 0 spiro atoms. The van der Waals surface area contributed by atoms with Crippen molar-refractivity contribution >= 4 is 5.91 Å². The van der Waals surface area contributed by atoms with Crippen molar-refractivity contribution in [2.24, 2.45) is 0 Å². The second kappa shape index (κ2) is 7.59. The van der Waals surface area contributed by atoms with Gasteiger partial charge in [-0.1, -0.05) is 6.07 Å². The molecule has 4 nitrogen and oxygen atoms in total. The van der Waals surface area contributed by atoms with Crippen LogP contribution in [0.15, 0.2) is 42.6 Å². The predicted octanol–water partition coefficient (Wildman–Crippen LogP) is 3.10. The smallest absolute Gasteiger partial charge is 0.253 e. The van der Waals surface area contributed by atoms with E-state index in [1.807, 2.05) is 57.3 Å². The Labute approximate surface area is 131 Å². The van der Waals surface area contributed by atoms with Gasteiger partial charge in [0.05, 0.1) is 6.61 Å². The maximum atomic E-state index is 12.5. The summed E-state index contributed by atoms with van der Waals surface area (Å²) >= 11 is 0. The quantitative estimate of drug-likeness (QED) is 0.823. The van der Waals surface area contributed by atoms with Gasteiger partial charge in [-0.25, -0.2) is 0 Å². The number of pyridine rings is 1. The summed E-state index contributed by atoms with van der Waals surface area (Å²) in [5.74, 6) is 0.845. The minimum absolute atomic E-state index is 0.0158. The zero-order valence-corrected chi connectivity index (χ0v) is 13.4. The fraction of sp³-hybridized carbons (Fsp3) is 0.333. The number of nitrogens with zero attached hydrogens (tertiary/aromatic N) is 2. The second-order valence-corrected chi connectivity index (χ2v) is 5.21. The number of likely N-dealkylation sites (N-methyl/N-ethyl adjacent to an activating group) is 1. The molecular weight excluding hydrogens is 276 g/mol. The topological polar surface area (TPSA) is 42.4 Å². The molecular formula is C18H22N2O2. The lowest BCUT2D eigenvalue weighted by Gasteiger charge is -2.18. The largest absolute Gasteiger partial charge is 0.494 e. The van der Waals surface area contributed by atoms with Gasteiger partial charge in [0.1, 0.15) is 5.75 Å². The van der Waals surface area contributed by atoms with Gasteiger partial charge < -0.3 is 9.64 Å². The van der Waals surface area contributed by atoms with Crippen LogP contribution in [0.3, 0.4) is 0 Å². The summed E-state index contributed by atoms with van der Waals surface area (Å²) in [5.41, 5.74) is 2.65. The summed E-state index contributed by atoms with van der Waals surface area (Å²) in [7, 11) is 1.82. The number of benzene rings is 1. The second-order valence-electron chi connectivity index (χ2n) is 5.21. The van der Waals surface area contributed by atoms with E-state index < -0.39 is 0 Å². The third-order valence-electron chi connectivity index (χ3n) is 3.50. The maximum Gasteiger partial charge on any atom is 0.253 e. The highest BCUT2D eigenvalue weighted by Crippen LogP contribution is 2.19. The van der Waals surface area contributed by atoms with Gasteiger partial charge in [0.2, 0.25) is 0 Å². The number of carbonyl (C=O) groups is 1. The molecule has 0 atom stereocenters. The Kier molecular flexibility index (Phi) is 5.53. The Bertz CT molecular complexity index is 626. The molecule has 0 unspecified atom stereocenters. The molecule has 0 aliphatic rings. The van der Waals surface area contributed by atoms with E-state index in [-0.39, 0.29) is 5.91 Å². The molecule has 0 saturated carbocycles. The molecule has 4 heteroatoms. The van der Waals surface area contributed by atoms with E-state index in [4.69, 9.17) is 4.74 Å². The summed E-state index contributed by atoms with van der Waals surface area (Å²) in [6.45, 7) is 5.17. The van der Waals surface area contributed by atoms with Gasteiger partial charge in [-0.15, -0.1) is 0 Å². The van der Waals surface area contributed by atoms with E-state index in [1.165, 1.54) is 0 Å². The first-order valence-electron chi connectivity index (χ1n) is 7.50. The van der Waals surface area contributed by atoms with Crippen molar-refractivity contribution in [3.8, 4) is 5.75 Å². The third kappa shape index (κ3) is 4.07. The van der Waals surface area contributed by atoms with Crippen LogP contribution in [-0.4, -0.2) is 36.0 Å². The molecule has 116 valence electrons. The summed E-state index contributed by atoms with van der Waals surface area (Å²) in [5, 5.41) is 0. The lowest BCUT2D eigenvalue weighted by molar-refractivity contribution is 0.0796. The van der Waals surface area contributed by atoms with Crippen LogP contribution in [0, 0.1) is 6.92 Å². The first kappa shape index (κ1) is 16.0. The summed E-state index contributed by atoms with van der Waals surface area (Å²) in [6, 6.07) is 11.4. The van der Waals surface area contributed by atoms with Gasteiger partial charge >= 0.3 is 0 Å². The highest BCUT2D eigenvalue weighted by Gasteiger charge is 2.13. The number of rotatable bonds is 6. The summed E-state index contributed by atoms with van der Waals surface area (Å²) < 4.78 is 5.50. The summed E-state index contributed by atoms with van der Waals surface area (Å²) in [6.07, 6.45) is 2.52. The van der Waals surface area contributed by atoms with Crippen LogP contribution in [0.1, 0.15) is 28.5 Å². The Morgan fingerprint density at radius 2 is 2.09 bits per heavy atom. The van der Waals surface area contributed by atoms with E-state index in [2.05, 4.69) is 4.98 Å². The van der Waals surface area contributed by atoms with Crippen LogP contribution < -0.4 is 4.74 Å². The molecule has 1 amide bonds. The van der Waals surface area contributed by atoms with Crippen LogP contribution in [0.25, 0.3) is 0 Å². The van der Waals surface area contributed by atoms with Crippen molar-refractivity contribution in [2.75, 3.05) is 20.2 Å². The summed E-state index contributed by atoms with van der Waals surface area (Å²) in [4.78, 5) is 18.5. The van der Waals surface area contributed by atoms with Crippen molar-refractivity contribution in [3.63, 3.8) is 0 Å². The Balaban J connectivity index is 1.99. The highest BCUT2D eigenvalue weighted by atomic mass is 16.5. The van der Waals surface area contributed by atoms with Gasteiger partial charge in [-0.3, -0.25) is 9.78 Å². The fourth-order valence-corrected chi connectivity index (χ4v) is 2.25. The number of aryl methyl sites for hydroxylation is 1. The molecule has 2 aromatic rings. The van der Waals surface area contributed by atoms with Crippen molar-refractivity contribution in [3.05, 3.63) is 59.4 Å². The van der Waals surface area contributed by atoms with Crippen LogP contribution in [0.2, 0.25) is 0 Å². The normalized spacial score (nSPS) is 10.3. The molecule has 0 aliphatic carbocycles. The Hall–Kier alpha value is -2.36. The van der Waals surface area contributed by atoms with Gasteiger partial charge in [-0.05, 0) is 49.7 Å². The molecule has 0 radical (unpaired) electrons.